The molecule has 2 unspecified atom stereocenters. The average molecular weight is 182 g/mol. The molecule has 0 radical (unpaired) electrons. The Labute approximate surface area is 81.9 Å². The predicted molar refractivity (Wildman–Crippen MR) is 55.6 cm³/mol. The van der Waals surface area contributed by atoms with E-state index in [2.05, 4.69) is 20.8 Å². The van der Waals surface area contributed by atoms with Crippen LogP contribution in [0.2, 0.25) is 0 Å². The molecule has 0 aromatic rings. The first kappa shape index (κ1) is 10.7. The number of carbonyl (C=O) groups is 1. The lowest BCUT2D eigenvalue weighted by Crippen LogP contribution is -2.31. The quantitative estimate of drug-likeness (QED) is 0.653. The Kier molecular flexibility index (Phi) is 3.95. The summed E-state index contributed by atoms with van der Waals surface area (Å²) in [5.41, 5.74) is 0. The molecule has 0 amide bonds. The maximum atomic E-state index is 11.8. The van der Waals surface area contributed by atoms with Crippen molar-refractivity contribution in [2.75, 3.05) is 0 Å². The van der Waals surface area contributed by atoms with Crippen molar-refractivity contribution in [3.05, 3.63) is 0 Å². The molecule has 0 N–H and O–H groups in total. The van der Waals surface area contributed by atoms with E-state index in [1.807, 2.05) is 0 Å². The Hall–Kier alpha value is -0.330. The van der Waals surface area contributed by atoms with Crippen LogP contribution in [0.25, 0.3) is 0 Å². The van der Waals surface area contributed by atoms with Crippen LogP contribution in [0.1, 0.15) is 52.9 Å². The maximum Gasteiger partial charge on any atom is 0.136 e. The summed E-state index contributed by atoms with van der Waals surface area (Å²) in [5, 5.41) is 0. The molecule has 0 spiro atoms. The minimum atomic E-state index is 0.369. The lowest BCUT2D eigenvalue weighted by atomic mass is 9.71. The van der Waals surface area contributed by atoms with Crippen molar-refractivity contribution in [1.29, 1.82) is 0 Å². The van der Waals surface area contributed by atoms with Gasteiger partial charge in [0.15, 0.2) is 0 Å². The van der Waals surface area contributed by atoms with Gasteiger partial charge in [-0.05, 0) is 18.3 Å². The third kappa shape index (κ3) is 2.55. The van der Waals surface area contributed by atoms with Crippen molar-refractivity contribution in [3.8, 4) is 0 Å². The maximum absolute atomic E-state index is 11.8. The van der Waals surface area contributed by atoms with Gasteiger partial charge < -0.3 is 0 Å². The van der Waals surface area contributed by atoms with Crippen molar-refractivity contribution in [2.24, 2.45) is 17.8 Å². The molecule has 0 aliphatic heterocycles. The van der Waals surface area contributed by atoms with Crippen molar-refractivity contribution in [3.63, 3.8) is 0 Å². The van der Waals surface area contributed by atoms with Crippen LogP contribution in [-0.4, -0.2) is 5.78 Å². The molecule has 0 aromatic carbocycles. The fourth-order valence-corrected chi connectivity index (χ4v) is 2.73. The lowest BCUT2D eigenvalue weighted by molar-refractivity contribution is -0.127. The highest BCUT2D eigenvalue weighted by Gasteiger charge is 2.32. The third-order valence-electron chi connectivity index (χ3n) is 3.41. The molecule has 1 rings (SSSR count). The minimum Gasteiger partial charge on any atom is -0.299 e. The first-order chi connectivity index (χ1) is 6.16. The van der Waals surface area contributed by atoms with Crippen LogP contribution in [0.4, 0.5) is 0 Å². The Balaban J connectivity index is 2.57. The summed E-state index contributed by atoms with van der Waals surface area (Å²) < 4.78 is 0. The molecule has 0 bridgehead atoms. The molecule has 13 heavy (non-hydrogen) atoms. The zero-order valence-corrected chi connectivity index (χ0v) is 9.18. The van der Waals surface area contributed by atoms with Gasteiger partial charge in [0.25, 0.3) is 0 Å². The molecule has 1 nitrogen and oxygen atoms in total. The van der Waals surface area contributed by atoms with Gasteiger partial charge >= 0.3 is 0 Å². The first-order valence-electron chi connectivity index (χ1n) is 5.69. The van der Waals surface area contributed by atoms with Crippen molar-refractivity contribution in [2.45, 2.75) is 52.9 Å². The molecule has 1 heteroatoms. The highest BCUT2D eigenvalue weighted by molar-refractivity contribution is 5.81. The molecular weight excluding hydrogens is 160 g/mol. The topological polar surface area (TPSA) is 17.1 Å². The second kappa shape index (κ2) is 4.78. The van der Waals surface area contributed by atoms with E-state index in [1.165, 1.54) is 19.3 Å². The standard InChI is InChI=1S/C12H22O/c1-4-6-11(13)12-9(2)7-5-8-10(12)3/h9-10,12H,4-8H2,1-3H3. The molecule has 1 saturated carbocycles. The molecule has 1 aliphatic rings. The SMILES string of the molecule is CCCC(=O)C1C(C)CCCC1C. The van der Waals surface area contributed by atoms with Crippen molar-refractivity contribution in [1.82, 2.24) is 0 Å². The van der Waals surface area contributed by atoms with Gasteiger partial charge in [0.1, 0.15) is 5.78 Å². The number of ketones is 1. The average Bonchev–Trinajstić information content (AvgIpc) is 2.04. The van der Waals surface area contributed by atoms with E-state index in [0.29, 0.717) is 23.5 Å². The monoisotopic (exact) mass is 182 g/mol. The fraction of sp³-hybridized carbons (Fsp3) is 0.917. The van der Waals surface area contributed by atoms with Gasteiger partial charge in [-0.3, -0.25) is 4.79 Å². The molecule has 1 fully saturated rings. The van der Waals surface area contributed by atoms with Crippen LogP contribution in [0.15, 0.2) is 0 Å². The van der Waals surface area contributed by atoms with Crippen LogP contribution in [-0.2, 0) is 4.79 Å². The van der Waals surface area contributed by atoms with Crippen LogP contribution >= 0.6 is 0 Å². The zero-order chi connectivity index (χ0) is 9.84. The normalized spacial score (nSPS) is 34.5. The number of hydrogen-bond acceptors (Lipinski definition) is 1. The zero-order valence-electron chi connectivity index (χ0n) is 9.18. The van der Waals surface area contributed by atoms with Crippen LogP contribution < -0.4 is 0 Å². The number of carbonyl (C=O) groups excluding carboxylic acids is 1. The molecule has 0 heterocycles. The molecule has 2 atom stereocenters. The first-order valence-corrected chi connectivity index (χ1v) is 5.69. The fourth-order valence-electron chi connectivity index (χ4n) is 2.73. The van der Waals surface area contributed by atoms with E-state index in [4.69, 9.17) is 0 Å². The highest BCUT2D eigenvalue weighted by atomic mass is 16.1. The van der Waals surface area contributed by atoms with Gasteiger partial charge in [0, 0.05) is 12.3 Å². The van der Waals surface area contributed by atoms with Crippen LogP contribution in [0, 0.1) is 17.8 Å². The van der Waals surface area contributed by atoms with Crippen LogP contribution in [0.3, 0.4) is 0 Å². The van der Waals surface area contributed by atoms with Gasteiger partial charge in [-0.1, -0.05) is 40.0 Å². The van der Waals surface area contributed by atoms with Gasteiger partial charge in [-0.25, -0.2) is 0 Å². The predicted octanol–water partition coefficient (Wildman–Crippen LogP) is 3.43. The summed E-state index contributed by atoms with van der Waals surface area (Å²) in [5.74, 6) is 2.14. The summed E-state index contributed by atoms with van der Waals surface area (Å²) in [4.78, 5) is 11.8. The van der Waals surface area contributed by atoms with Crippen LogP contribution in [0.5, 0.6) is 0 Å². The molecule has 76 valence electrons. The summed E-state index contributed by atoms with van der Waals surface area (Å²) in [6, 6.07) is 0. The smallest absolute Gasteiger partial charge is 0.136 e. The Bertz CT molecular complexity index is 164. The molecule has 1 aliphatic carbocycles. The highest BCUT2D eigenvalue weighted by Crippen LogP contribution is 2.35. The Morgan fingerprint density at radius 2 is 1.77 bits per heavy atom. The number of rotatable bonds is 3. The van der Waals surface area contributed by atoms with E-state index in [0.717, 1.165) is 12.8 Å². The van der Waals surface area contributed by atoms with E-state index in [-0.39, 0.29) is 0 Å². The molecule has 0 saturated heterocycles. The third-order valence-corrected chi connectivity index (χ3v) is 3.41. The molecular formula is C12H22O. The van der Waals surface area contributed by atoms with Gasteiger partial charge in [-0.2, -0.15) is 0 Å². The minimum absolute atomic E-state index is 0.369. The Morgan fingerprint density at radius 1 is 1.23 bits per heavy atom. The number of hydrogen-bond donors (Lipinski definition) is 0. The van der Waals surface area contributed by atoms with E-state index < -0.39 is 0 Å². The van der Waals surface area contributed by atoms with Gasteiger partial charge in [0.2, 0.25) is 0 Å². The van der Waals surface area contributed by atoms with Crippen molar-refractivity contribution < 1.29 is 4.79 Å². The lowest BCUT2D eigenvalue weighted by Gasteiger charge is -2.33. The van der Waals surface area contributed by atoms with E-state index in [9.17, 15) is 4.79 Å². The second-order valence-corrected chi connectivity index (χ2v) is 4.63. The summed E-state index contributed by atoms with van der Waals surface area (Å²) in [6.07, 6.45) is 5.63. The Morgan fingerprint density at radius 3 is 2.23 bits per heavy atom. The van der Waals surface area contributed by atoms with E-state index >= 15 is 0 Å². The summed E-state index contributed by atoms with van der Waals surface area (Å²) >= 11 is 0. The van der Waals surface area contributed by atoms with Crippen molar-refractivity contribution >= 4 is 5.78 Å². The largest absolute Gasteiger partial charge is 0.299 e. The molecule has 0 aromatic heterocycles. The number of Topliss-reactive ketones (excluding diaryl/α,β-unsaturated/α-hetero) is 1. The van der Waals surface area contributed by atoms with Gasteiger partial charge in [-0.15, -0.1) is 0 Å². The van der Waals surface area contributed by atoms with E-state index in [1.54, 1.807) is 0 Å². The second-order valence-electron chi connectivity index (χ2n) is 4.63. The summed E-state index contributed by atoms with van der Waals surface area (Å²) in [6.45, 7) is 6.58. The summed E-state index contributed by atoms with van der Waals surface area (Å²) in [7, 11) is 0. The van der Waals surface area contributed by atoms with Gasteiger partial charge in [0.05, 0.1) is 0 Å².